The van der Waals surface area contributed by atoms with Gasteiger partial charge in [-0.3, -0.25) is 9.59 Å². The molecule has 0 aliphatic rings. The number of Topliss-reactive ketones (excluding diaryl/α,β-unsaturated/α-hetero) is 1. The standard InChI is InChI=1S/C16H21ClO4/c1-16(2,10-12-6-4-3-5-7-12)21-15(20)9-13(18)8-14(19)11-17/h3-7,14,19H,8-11H2,1-2H3. The van der Waals surface area contributed by atoms with E-state index >= 15 is 0 Å². The normalized spacial score (nSPS) is 12.8. The average Bonchev–Trinajstić information content (AvgIpc) is 2.37. The highest BCUT2D eigenvalue weighted by Crippen LogP contribution is 2.18. The molecule has 0 fully saturated rings. The number of aliphatic hydroxyl groups excluding tert-OH is 1. The molecule has 1 unspecified atom stereocenters. The molecule has 0 aromatic heterocycles. The van der Waals surface area contributed by atoms with Crippen LogP contribution in [0.1, 0.15) is 32.3 Å². The molecule has 0 aliphatic carbocycles. The molecule has 1 aromatic carbocycles. The fraction of sp³-hybridized carbons (Fsp3) is 0.500. The lowest BCUT2D eigenvalue weighted by molar-refractivity contribution is -0.157. The minimum atomic E-state index is -0.913. The van der Waals surface area contributed by atoms with Gasteiger partial charge in [0, 0.05) is 18.7 Å². The van der Waals surface area contributed by atoms with E-state index in [9.17, 15) is 14.7 Å². The van der Waals surface area contributed by atoms with Crippen LogP contribution in [0.25, 0.3) is 0 Å². The number of hydrogen-bond donors (Lipinski definition) is 1. The van der Waals surface area contributed by atoms with E-state index in [0.29, 0.717) is 6.42 Å². The van der Waals surface area contributed by atoms with Gasteiger partial charge in [-0.05, 0) is 19.4 Å². The van der Waals surface area contributed by atoms with Gasteiger partial charge in [-0.25, -0.2) is 0 Å². The quantitative estimate of drug-likeness (QED) is 0.455. The zero-order chi connectivity index (χ0) is 15.9. The second-order valence-electron chi connectivity index (χ2n) is 5.62. The third-order valence-electron chi connectivity index (χ3n) is 2.85. The molecular formula is C16H21ClO4. The number of esters is 1. The zero-order valence-corrected chi connectivity index (χ0v) is 13.1. The summed E-state index contributed by atoms with van der Waals surface area (Å²) >= 11 is 5.41. The molecule has 0 radical (unpaired) electrons. The summed E-state index contributed by atoms with van der Waals surface area (Å²) in [6.07, 6.45) is -0.814. The number of carbonyl (C=O) groups is 2. The molecule has 116 valence electrons. The van der Waals surface area contributed by atoms with Crippen molar-refractivity contribution in [3.8, 4) is 0 Å². The minimum absolute atomic E-state index is 0.0275. The molecule has 1 aromatic rings. The number of hydrogen-bond acceptors (Lipinski definition) is 4. The van der Waals surface area contributed by atoms with Crippen molar-refractivity contribution in [1.29, 1.82) is 0 Å². The molecule has 0 amide bonds. The highest BCUT2D eigenvalue weighted by atomic mass is 35.5. The molecule has 0 saturated carbocycles. The number of ether oxygens (including phenoxy) is 1. The number of aliphatic hydroxyl groups is 1. The largest absolute Gasteiger partial charge is 0.459 e. The molecule has 1 atom stereocenters. The maximum Gasteiger partial charge on any atom is 0.313 e. The average molecular weight is 313 g/mol. The van der Waals surface area contributed by atoms with Gasteiger partial charge in [0.25, 0.3) is 0 Å². The number of carbonyl (C=O) groups excluding carboxylic acids is 2. The number of halogens is 1. The SMILES string of the molecule is CC(C)(Cc1ccccc1)OC(=O)CC(=O)CC(O)CCl. The highest BCUT2D eigenvalue weighted by molar-refractivity contribution is 6.18. The van der Waals surface area contributed by atoms with Crippen molar-refractivity contribution in [3.05, 3.63) is 35.9 Å². The van der Waals surface area contributed by atoms with E-state index in [1.54, 1.807) is 13.8 Å². The second-order valence-corrected chi connectivity index (χ2v) is 5.93. The van der Waals surface area contributed by atoms with Gasteiger partial charge in [-0.1, -0.05) is 30.3 Å². The van der Waals surface area contributed by atoms with Crippen molar-refractivity contribution in [2.45, 2.75) is 44.8 Å². The number of ketones is 1. The maximum absolute atomic E-state index is 11.8. The summed E-state index contributed by atoms with van der Waals surface area (Å²) in [5.74, 6) is -0.980. The van der Waals surface area contributed by atoms with Crippen LogP contribution in [-0.2, 0) is 20.7 Å². The van der Waals surface area contributed by atoms with Crippen LogP contribution in [0.5, 0.6) is 0 Å². The van der Waals surface area contributed by atoms with E-state index in [-0.39, 0.29) is 24.5 Å². The molecule has 1 N–H and O–H groups in total. The van der Waals surface area contributed by atoms with Gasteiger partial charge in [-0.2, -0.15) is 0 Å². The van der Waals surface area contributed by atoms with Crippen molar-refractivity contribution >= 4 is 23.4 Å². The first kappa shape index (κ1) is 17.7. The smallest absolute Gasteiger partial charge is 0.313 e. The molecule has 0 bridgehead atoms. The van der Waals surface area contributed by atoms with Crippen molar-refractivity contribution < 1.29 is 19.4 Å². The lowest BCUT2D eigenvalue weighted by Gasteiger charge is -2.25. The second kappa shape index (κ2) is 8.15. The van der Waals surface area contributed by atoms with Crippen LogP contribution in [0, 0.1) is 0 Å². The lowest BCUT2D eigenvalue weighted by atomic mass is 9.98. The maximum atomic E-state index is 11.8. The van der Waals surface area contributed by atoms with E-state index in [1.807, 2.05) is 30.3 Å². The third-order valence-corrected chi connectivity index (χ3v) is 3.20. The Kier molecular flexibility index (Phi) is 6.85. The van der Waals surface area contributed by atoms with E-state index in [1.165, 1.54) is 0 Å². The Bertz CT molecular complexity index is 470. The molecule has 0 saturated heterocycles. The zero-order valence-electron chi connectivity index (χ0n) is 12.3. The summed E-state index contributed by atoms with van der Waals surface area (Å²) in [4.78, 5) is 23.3. The first-order chi connectivity index (χ1) is 9.82. The Morgan fingerprint density at radius 1 is 1.29 bits per heavy atom. The summed E-state index contributed by atoms with van der Waals surface area (Å²) in [5, 5.41) is 9.26. The van der Waals surface area contributed by atoms with Crippen LogP contribution >= 0.6 is 11.6 Å². The Morgan fingerprint density at radius 3 is 2.48 bits per heavy atom. The molecule has 1 rings (SSSR count). The predicted molar refractivity (Wildman–Crippen MR) is 81.3 cm³/mol. The van der Waals surface area contributed by atoms with Gasteiger partial charge in [0.2, 0.25) is 0 Å². The minimum Gasteiger partial charge on any atom is -0.459 e. The fourth-order valence-corrected chi connectivity index (χ4v) is 2.13. The molecule has 0 aliphatic heterocycles. The van der Waals surface area contributed by atoms with Crippen LogP contribution in [0.2, 0.25) is 0 Å². The summed E-state index contributed by atoms with van der Waals surface area (Å²) in [6.45, 7) is 3.60. The van der Waals surface area contributed by atoms with Gasteiger partial charge in [-0.15, -0.1) is 11.6 Å². The molecule has 0 spiro atoms. The third kappa shape index (κ3) is 7.25. The molecule has 5 heteroatoms. The molecule has 4 nitrogen and oxygen atoms in total. The summed E-state index contributed by atoms with van der Waals surface area (Å²) in [6, 6.07) is 9.67. The Balaban J connectivity index is 2.47. The fourth-order valence-electron chi connectivity index (χ4n) is 2.02. The number of rotatable bonds is 8. The van der Waals surface area contributed by atoms with Crippen LogP contribution in [0.15, 0.2) is 30.3 Å². The van der Waals surface area contributed by atoms with Gasteiger partial charge >= 0.3 is 5.97 Å². The molecule has 21 heavy (non-hydrogen) atoms. The van der Waals surface area contributed by atoms with Crippen molar-refractivity contribution in [1.82, 2.24) is 0 Å². The topological polar surface area (TPSA) is 63.6 Å². The highest BCUT2D eigenvalue weighted by Gasteiger charge is 2.25. The van der Waals surface area contributed by atoms with Crippen LogP contribution < -0.4 is 0 Å². The van der Waals surface area contributed by atoms with Crippen LogP contribution in [-0.4, -0.2) is 34.4 Å². The van der Waals surface area contributed by atoms with Crippen molar-refractivity contribution in [2.24, 2.45) is 0 Å². The van der Waals surface area contributed by atoms with E-state index in [4.69, 9.17) is 16.3 Å². The van der Waals surface area contributed by atoms with Crippen LogP contribution in [0.4, 0.5) is 0 Å². The summed E-state index contributed by atoms with van der Waals surface area (Å²) < 4.78 is 5.35. The molecule has 0 heterocycles. The number of benzene rings is 1. The Hall–Kier alpha value is -1.39. The van der Waals surface area contributed by atoms with Gasteiger partial charge in [0.05, 0.1) is 6.10 Å². The Labute approximate surface area is 130 Å². The van der Waals surface area contributed by atoms with Crippen molar-refractivity contribution in [3.63, 3.8) is 0 Å². The Morgan fingerprint density at radius 2 is 1.90 bits per heavy atom. The van der Waals surface area contributed by atoms with E-state index in [2.05, 4.69) is 0 Å². The summed E-state index contributed by atoms with van der Waals surface area (Å²) in [5.41, 5.74) is 0.364. The van der Waals surface area contributed by atoms with E-state index < -0.39 is 17.7 Å². The van der Waals surface area contributed by atoms with Crippen molar-refractivity contribution in [2.75, 3.05) is 5.88 Å². The van der Waals surface area contributed by atoms with E-state index in [0.717, 1.165) is 5.56 Å². The monoisotopic (exact) mass is 312 g/mol. The van der Waals surface area contributed by atoms with Gasteiger partial charge in [0.1, 0.15) is 17.8 Å². The van der Waals surface area contributed by atoms with Crippen LogP contribution in [0.3, 0.4) is 0 Å². The van der Waals surface area contributed by atoms with Gasteiger partial charge in [0.15, 0.2) is 0 Å². The first-order valence-electron chi connectivity index (χ1n) is 6.84. The van der Waals surface area contributed by atoms with Gasteiger partial charge < -0.3 is 9.84 Å². The molecular weight excluding hydrogens is 292 g/mol. The lowest BCUT2D eigenvalue weighted by Crippen LogP contribution is -2.31. The summed E-state index contributed by atoms with van der Waals surface area (Å²) in [7, 11) is 0. The number of alkyl halides is 1. The predicted octanol–water partition coefficient (Wildman–Crippen LogP) is 2.50. The first-order valence-corrected chi connectivity index (χ1v) is 7.37.